The smallest absolute Gasteiger partial charge is 0.0847 e. The van der Waals surface area contributed by atoms with Gasteiger partial charge in [0, 0.05) is 25.2 Å². The Morgan fingerprint density at radius 3 is 3.05 bits per heavy atom. The van der Waals surface area contributed by atoms with E-state index >= 15 is 0 Å². The van der Waals surface area contributed by atoms with Crippen molar-refractivity contribution in [2.45, 2.75) is 32.9 Å². The van der Waals surface area contributed by atoms with E-state index in [2.05, 4.69) is 23.1 Å². The van der Waals surface area contributed by atoms with Crippen LogP contribution in [-0.4, -0.2) is 14.8 Å². The number of halogens is 1. The van der Waals surface area contributed by atoms with Gasteiger partial charge in [0.05, 0.1) is 26.6 Å². The van der Waals surface area contributed by atoms with Gasteiger partial charge in [-0.05, 0) is 36.9 Å². The summed E-state index contributed by atoms with van der Waals surface area (Å²) in [6, 6.07) is 4.00. The predicted molar refractivity (Wildman–Crippen MR) is 87.9 cm³/mol. The molecular formula is C15H17ClN4S. The van der Waals surface area contributed by atoms with Gasteiger partial charge in [-0.2, -0.15) is 5.10 Å². The number of aromatic nitrogens is 3. The van der Waals surface area contributed by atoms with Crippen LogP contribution in [0.15, 0.2) is 23.7 Å². The minimum Gasteiger partial charge on any atom is -0.324 e. The summed E-state index contributed by atoms with van der Waals surface area (Å²) in [6.45, 7) is 4.76. The van der Waals surface area contributed by atoms with Crippen LogP contribution in [0.2, 0.25) is 5.02 Å². The van der Waals surface area contributed by atoms with E-state index in [0.29, 0.717) is 6.42 Å². The molecule has 6 heteroatoms. The van der Waals surface area contributed by atoms with E-state index < -0.39 is 0 Å². The number of aryl methyl sites for hydroxylation is 2. The van der Waals surface area contributed by atoms with Crippen molar-refractivity contribution in [2.75, 3.05) is 0 Å². The number of rotatable bonds is 4. The molecule has 0 aliphatic heterocycles. The lowest BCUT2D eigenvalue weighted by Gasteiger charge is -2.13. The lowest BCUT2D eigenvalue weighted by atomic mass is 10.0. The quantitative estimate of drug-likeness (QED) is 0.797. The Morgan fingerprint density at radius 1 is 1.48 bits per heavy atom. The zero-order valence-electron chi connectivity index (χ0n) is 12.0. The second-order valence-electron chi connectivity index (χ2n) is 5.05. The van der Waals surface area contributed by atoms with E-state index in [-0.39, 0.29) is 6.04 Å². The fraction of sp³-hybridized carbons (Fsp3) is 0.333. The third-order valence-corrected chi connectivity index (χ3v) is 4.96. The van der Waals surface area contributed by atoms with E-state index in [0.717, 1.165) is 38.7 Å². The summed E-state index contributed by atoms with van der Waals surface area (Å²) < 4.78 is 3.09. The highest BCUT2D eigenvalue weighted by molar-refractivity contribution is 7.17. The number of thiophene rings is 1. The van der Waals surface area contributed by atoms with Crippen molar-refractivity contribution in [3.8, 4) is 0 Å². The zero-order valence-corrected chi connectivity index (χ0v) is 13.6. The van der Waals surface area contributed by atoms with Gasteiger partial charge in [-0.3, -0.25) is 9.67 Å². The Morgan fingerprint density at radius 2 is 2.29 bits per heavy atom. The van der Waals surface area contributed by atoms with Crippen LogP contribution in [0.25, 0.3) is 10.2 Å². The van der Waals surface area contributed by atoms with E-state index in [1.165, 1.54) is 0 Å². The minimum absolute atomic E-state index is 0.136. The van der Waals surface area contributed by atoms with Crippen molar-refractivity contribution in [3.05, 3.63) is 45.7 Å². The van der Waals surface area contributed by atoms with Gasteiger partial charge in [0.15, 0.2) is 0 Å². The molecule has 2 N–H and O–H groups in total. The molecule has 0 bridgehead atoms. The van der Waals surface area contributed by atoms with Crippen molar-refractivity contribution in [3.63, 3.8) is 0 Å². The van der Waals surface area contributed by atoms with Crippen molar-refractivity contribution in [1.29, 1.82) is 0 Å². The maximum absolute atomic E-state index is 6.35. The van der Waals surface area contributed by atoms with Crippen LogP contribution in [-0.2, 0) is 13.0 Å². The average molecular weight is 321 g/mol. The van der Waals surface area contributed by atoms with Crippen LogP contribution in [0.3, 0.4) is 0 Å². The van der Waals surface area contributed by atoms with Gasteiger partial charge >= 0.3 is 0 Å². The second kappa shape index (κ2) is 5.75. The third kappa shape index (κ3) is 2.69. The van der Waals surface area contributed by atoms with Crippen LogP contribution in [0.5, 0.6) is 0 Å². The molecule has 0 radical (unpaired) electrons. The Hall–Kier alpha value is -1.43. The van der Waals surface area contributed by atoms with Crippen LogP contribution in [0.4, 0.5) is 0 Å². The molecule has 3 aromatic heterocycles. The van der Waals surface area contributed by atoms with Gasteiger partial charge in [0.25, 0.3) is 0 Å². The molecule has 3 heterocycles. The summed E-state index contributed by atoms with van der Waals surface area (Å²) >= 11 is 8.03. The largest absolute Gasteiger partial charge is 0.324 e. The summed E-state index contributed by atoms with van der Waals surface area (Å²) in [7, 11) is 0. The molecule has 0 spiro atoms. The highest BCUT2D eigenvalue weighted by Crippen LogP contribution is 2.27. The Kier molecular flexibility index (Phi) is 3.97. The van der Waals surface area contributed by atoms with E-state index in [1.807, 2.05) is 29.2 Å². The van der Waals surface area contributed by atoms with Crippen molar-refractivity contribution < 1.29 is 0 Å². The molecule has 21 heavy (non-hydrogen) atoms. The first kappa shape index (κ1) is 14.5. The molecule has 1 atom stereocenters. The standard InChI is InChI=1S/C15H17ClN4S/c1-3-20-13(15(16)9(2)19-20)7-11(17)10-6-14-12(18-8-10)4-5-21-14/h4-6,8,11H,3,7,17H2,1-2H3. The molecule has 4 nitrogen and oxygen atoms in total. The summed E-state index contributed by atoms with van der Waals surface area (Å²) in [5, 5.41) is 7.19. The molecule has 0 fully saturated rings. The summed E-state index contributed by atoms with van der Waals surface area (Å²) in [5.41, 5.74) is 10.3. The summed E-state index contributed by atoms with van der Waals surface area (Å²) in [6.07, 6.45) is 2.51. The lowest BCUT2D eigenvalue weighted by Crippen LogP contribution is -2.16. The molecule has 3 aromatic rings. The number of hydrogen-bond donors (Lipinski definition) is 1. The molecule has 0 saturated heterocycles. The van der Waals surface area contributed by atoms with E-state index in [1.54, 1.807) is 11.3 Å². The lowest BCUT2D eigenvalue weighted by molar-refractivity contribution is 0.587. The Balaban J connectivity index is 1.90. The third-order valence-electron chi connectivity index (χ3n) is 3.62. The molecule has 1 unspecified atom stereocenters. The number of nitrogens with two attached hydrogens (primary N) is 1. The molecule has 0 aliphatic carbocycles. The van der Waals surface area contributed by atoms with Gasteiger partial charge in [0.1, 0.15) is 0 Å². The number of pyridine rings is 1. The summed E-state index contributed by atoms with van der Waals surface area (Å²) in [5.74, 6) is 0. The molecule has 110 valence electrons. The second-order valence-corrected chi connectivity index (χ2v) is 6.37. The minimum atomic E-state index is -0.136. The van der Waals surface area contributed by atoms with Crippen molar-refractivity contribution >= 4 is 33.2 Å². The first-order valence-electron chi connectivity index (χ1n) is 6.90. The maximum Gasteiger partial charge on any atom is 0.0847 e. The Labute approximate surface area is 132 Å². The molecule has 0 amide bonds. The van der Waals surface area contributed by atoms with E-state index in [9.17, 15) is 0 Å². The van der Waals surface area contributed by atoms with Crippen LogP contribution >= 0.6 is 22.9 Å². The summed E-state index contributed by atoms with van der Waals surface area (Å²) in [4.78, 5) is 4.45. The Bertz CT molecular complexity index is 777. The van der Waals surface area contributed by atoms with Gasteiger partial charge < -0.3 is 5.73 Å². The van der Waals surface area contributed by atoms with Crippen LogP contribution in [0, 0.1) is 6.92 Å². The molecule has 0 aromatic carbocycles. The molecule has 3 rings (SSSR count). The first-order valence-corrected chi connectivity index (χ1v) is 8.16. The maximum atomic E-state index is 6.35. The molecule has 0 saturated carbocycles. The van der Waals surface area contributed by atoms with Crippen LogP contribution < -0.4 is 5.73 Å². The van der Waals surface area contributed by atoms with Gasteiger partial charge in [0.2, 0.25) is 0 Å². The monoisotopic (exact) mass is 320 g/mol. The number of hydrogen-bond acceptors (Lipinski definition) is 4. The van der Waals surface area contributed by atoms with Gasteiger partial charge in [-0.15, -0.1) is 11.3 Å². The fourth-order valence-corrected chi connectivity index (χ4v) is 3.46. The first-order chi connectivity index (χ1) is 10.1. The predicted octanol–water partition coefficient (Wildman–Crippen LogP) is 3.72. The van der Waals surface area contributed by atoms with Crippen molar-refractivity contribution in [1.82, 2.24) is 14.8 Å². The van der Waals surface area contributed by atoms with Gasteiger partial charge in [-0.1, -0.05) is 11.6 Å². The number of nitrogens with zero attached hydrogens (tertiary/aromatic N) is 3. The van der Waals surface area contributed by atoms with Crippen molar-refractivity contribution in [2.24, 2.45) is 5.73 Å². The highest BCUT2D eigenvalue weighted by Gasteiger charge is 2.17. The van der Waals surface area contributed by atoms with Crippen LogP contribution in [0.1, 0.15) is 29.9 Å². The average Bonchev–Trinajstić information content (AvgIpc) is 3.05. The SMILES string of the molecule is CCn1nc(C)c(Cl)c1CC(N)c1cnc2ccsc2c1. The highest BCUT2D eigenvalue weighted by atomic mass is 35.5. The normalized spacial score (nSPS) is 13.0. The zero-order chi connectivity index (χ0) is 15.0. The molecular weight excluding hydrogens is 304 g/mol. The van der Waals surface area contributed by atoms with E-state index in [4.69, 9.17) is 17.3 Å². The number of fused-ring (bicyclic) bond motifs is 1. The fourth-order valence-electron chi connectivity index (χ4n) is 2.45. The topological polar surface area (TPSA) is 56.7 Å². The molecule has 0 aliphatic rings. The van der Waals surface area contributed by atoms with Gasteiger partial charge in [-0.25, -0.2) is 0 Å².